The van der Waals surface area contributed by atoms with E-state index in [1.807, 2.05) is 17.7 Å². The molecule has 2 aromatic carbocycles. The minimum absolute atomic E-state index is 1.10. The molecule has 0 bridgehead atoms. The molecule has 21 heavy (non-hydrogen) atoms. The molecule has 0 N–H and O–H groups in total. The van der Waals surface area contributed by atoms with Crippen LogP contribution in [0.15, 0.2) is 54.9 Å². The molecule has 0 spiro atoms. The van der Waals surface area contributed by atoms with Crippen molar-refractivity contribution in [2.75, 3.05) is 0 Å². The molecule has 4 aromatic rings. The lowest BCUT2D eigenvalue weighted by Crippen LogP contribution is -2.31. The van der Waals surface area contributed by atoms with Gasteiger partial charge in [-0.25, -0.2) is 4.57 Å². The Morgan fingerprint density at radius 1 is 1.00 bits per heavy atom. The average Bonchev–Trinajstić information content (AvgIpc) is 2.87. The van der Waals surface area contributed by atoms with Crippen molar-refractivity contribution in [2.24, 2.45) is 7.05 Å². The zero-order chi connectivity index (χ0) is 14.4. The number of hydrogen-bond donors (Lipinski definition) is 0. The van der Waals surface area contributed by atoms with Crippen LogP contribution in [0.4, 0.5) is 0 Å². The van der Waals surface area contributed by atoms with E-state index in [1.54, 1.807) is 0 Å². The van der Waals surface area contributed by atoms with E-state index in [0.717, 1.165) is 5.52 Å². The number of aryl methyl sites for hydroxylation is 2. The van der Waals surface area contributed by atoms with E-state index >= 15 is 0 Å². The zero-order valence-electron chi connectivity index (χ0n) is 12.0. The summed E-state index contributed by atoms with van der Waals surface area (Å²) in [6.45, 7) is 2.16. The number of aromatic nitrogens is 2. The van der Waals surface area contributed by atoms with Crippen LogP contribution in [0, 0.1) is 6.92 Å². The molecule has 2 aromatic heterocycles. The van der Waals surface area contributed by atoms with Crippen molar-refractivity contribution in [3.8, 4) is 11.3 Å². The molecular formula is C18H15N2S+. The highest BCUT2D eigenvalue weighted by Crippen LogP contribution is 2.37. The molecular weight excluding hydrogens is 276 g/mol. The van der Waals surface area contributed by atoms with Gasteiger partial charge in [-0.2, -0.15) is 0 Å². The molecule has 2 heterocycles. The summed E-state index contributed by atoms with van der Waals surface area (Å²) >= 11 is 1.82. The zero-order valence-corrected chi connectivity index (χ0v) is 12.8. The van der Waals surface area contributed by atoms with Gasteiger partial charge in [0.2, 0.25) is 5.52 Å². The van der Waals surface area contributed by atoms with Gasteiger partial charge in [-0.1, -0.05) is 36.4 Å². The first-order valence-electron chi connectivity index (χ1n) is 6.97. The molecule has 4 rings (SSSR count). The van der Waals surface area contributed by atoms with Crippen LogP contribution in [0.1, 0.15) is 5.56 Å². The molecule has 2 nitrogen and oxygen atoms in total. The summed E-state index contributed by atoms with van der Waals surface area (Å²) in [7, 11) is 2.07. The molecule has 0 aliphatic rings. The van der Waals surface area contributed by atoms with Gasteiger partial charge in [0, 0.05) is 15.6 Å². The normalized spacial score (nSPS) is 11.3. The van der Waals surface area contributed by atoms with Crippen molar-refractivity contribution in [3.63, 3.8) is 0 Å². The monoisotopic (exact) mass is 291 g/mol. The lowest BCUT2D eigenvalue weighted by Gasteiger charge is -2.06. The van der Waals surface area contributed by atoms with Crippen LogP contribution in [-0.2, 0) is 7.05 Å². The number of benzene rings is 2. The van der Waals surface area contributed by atoms with Gasteiger partial charge in [0.25, 0.3) is 6.33 Å². The molecule has 0 radical (unpaired) electrons. The van der Waals surface area contributed by atoms with E-state index in [-0.39, 0.29) is 0 Å². The van der Waals surface area contributed by atoms with Gasteiger partial charge in [0.15, 0.2) is 5.69 Å². The SMILES string of the molecule is Cc1ccccc1-c1c2sc3ccccc3c2nc[n+]1C. The third-order valence-corrected chi connectivity index (χ3v) is 5.06. The van der Waals surface area contributed by atoms with Crippen LogP contribution >= 0.6 is 11.3 Å². The highest BCUT2D eigenvalue weighted by atomic mass is 32.1. The van der Waals surface area contributed by atoms with Crippen molar-refractivity contribution < 1.29 is 4.57 Å². The Morgan fingerprint density at radius 3 is 2.62 bits per heavy atom. The highest BCUT2D eigenvalue weighted by molar-refractivity contribution is 7.26. The van der Waals surface area contributed by atoms with Crippen LogP contribution in [0.3, 0.4) is 0 Å². The second-order valence-electron chi connectivity index (χ2n) is 5.29. The first kappa shape index (κ1) is 12.5. The Morgan fingerprint density at radius 2 is 1.76 bits per heavy atom. The number of thiophene rings is 1. The quantitative estimate of drug-likeness (QED) is 0.479. The minimum Gasteiger partial charge on any atom is -0.231 e. The lowest BCUT2D eigenvalue weighted by atomic mass is 10.0. The lowest BCUT2D eigenvalue weighted by molar-refractivity contribution is -0.662. The second kappa shape index (κ2) is 4.64. The third kappa shape index (κ3) is 1.85. The van der Waals surface area contributed by atoms with Crippen LogP contribution in [0.25, 0.3) is 31.6 Å². The van der Waals surface area contributed by atoms with Gasteiger partial charge >= 0.3 is 0 Å². The Hall–Kier alpha value is -2.26. The van der Waals surface area contributed by atoms with Crippen LogP contribution in [0.2, 0.25) is 0 Å². The standard InChI is InChI=1S/C18H15N2S/c1-12-7-3-4-8-13(12)17-18-16(19-11-20(17)2)14-9-5-6-10-15(14)21-18/h3-11H,1-2H3/q+1. The topological polar surface area (TPSA) is 16.8 Å². The number of rotatable bonds is 1. The maximum absolute atomic E-state index is 4.66. The fraction of sp³-hybridized carbons (Fsp3) is 0.111. The summed E-state index contributed by atoms with van der Waals surface area (Å²) < 4.78 is 4.68. The third-order valence-electron chi connectivity index (χ3n) is 3.90. The molecule has 0 atom stereocenters. The van der Waals surface area contributed by atoms with Crippen molar-refractivity contribution in [1.29, 1.82) is 0 Å². The van der Waals surface area contributed by atoms with E-state index in [9.17, 15) is 0 Å². The number of fused-ring (bicyclic) bond motifs is 3. The van der Waals surface area contributed by atoms with E-state index in [2.05, 4.69) is 72.1 Å². The van der Waals surface area contributed by atoms with Crippen molar-refractivity contribution in [1.82, 2.24) is 4.98 Å². The average molecular weight is 291 g/mol. The van der Waals surface area contributed by atoms with Gasteiger partial charge in [-0.3, -0.25) is 0 Å². The Bertz CT molecular complexity index is 969. The molecule has 102 valence electrons. The maximum Gasteiger partial charge on any atom is 0.287 e. The molecule has 0 saturated heterocycles. The predicted octanol–water partition coefficient (Wildman–Crippen LogP) is 4.25. The highest BCUT2D eigenvalue weighted by Gasteiger charge is 2.20. The van der Waals surface area contributed by atoms with E-state index in [0.29, 0.717) is 0 Å². The smallest absolute Gasteiger partial charge is 0.231 e. The van der Waals surface area contributed by atoms with Crippen molar-refractivity contribution >= 4 is 31.6 Å². The fourth-order valence-corrected chi connectivity index (χ4v) is 4.08. The fourth-order valence-electron chi connectivity index (χ4n) is 2.83. The molecule has 0 aliphatic heterocycles. The number of nitrogens with zero attached hydrogens (tertiary/aromatic N) is 2. The molecule has 0 fully saturated rings. The van der Waals surface area contributed by atoms with Crippen LogP contribution in [-0.4, -0.2) is 4.98 Å². The van der Waals surface area contributed by atoms with Gasteiger partial charge < -0.3 is 0 Å². The summed E-state index contributed by atoms with van der Waals surface area (Å²) in [5, 5.41) is 1.24. The largest absolute Gasteiger partial charge is 0.287 e. The maximum atomic E-state index is 4.66. The first-order chi connectivity index (χ1) is 10.3. The van der Waals surface area contributed by atoms with Crippen molar-refractivity contribution in [2.45, 2.75) is 6.92 Å². The van der Waals surface area contributed by atoms with Crippen LogP contribution < -0.4 is 4.57 Å². The number of hydrogen-bond acceptors (Lipinski definition) is 2. The molecule has 0 unspecified atom stereocenters. The molecule has 0 aliphatic carbocycles. The van der Waals surface area contributed by atoms with E-state index < -0.39 is 0 Å². The first-order valence-corrected chi connectivity index (χ1v) is 7.79. The molecule has 0 amide bonds. The summed E-state index contributed by atoms with van der Waals surface area (Å²) in [6.07, 6.45) is 1.92. The van der Waals surface area contributed by atoms with E-state index in [1.165, 1.54) is 31.6 Å². The Balaban J connectivity index is 2.18. The molecule has 3 heteroatoms. The Kier molecular flexibility index (Phi) is 2.76. The summed E-state index contributed by atoms with van der Waals surface area (Å²) in [5.41, 5.74) is 4.92. The summed E-state index contributed by atoms with van der Waals surface area (Å²) in [5.74, 6) is 0. The summed E-state index contributed by atoms with van der Waals surface area (Å²) in [6, 6.07) is 17.0. The molecule has 0 saturated carbocycles. The van der Waals surface area contributed by atoms with Gasteiger partial charge in [0.05, 0.1) is 7.05 Å². The minimum atomic E-state index is 1.10. The van der Waals surface area contributed by atoms with Crippen molar-refractivity contribution in [3.05, 3.63) is 60.4 Å². The Labute approximate surface area is 127 Å². The van der Waals surface area contributed by atoms with E-state index in [4.69, 9.17) is 0 Å². The van der Waals surface area contributed by atoms with Gasteiger partial charge in [-0.05, 0) is 29.6 Å². The second-order valence-corrected chi connectivity index (χ2v) is 6.35. The van der Waals surface area contributed by atoms with Crippen LogP contribution in [0.5, 0.6) is 0 Å². The van der Waals surface area contributed by atoms with Gasteiger partial charge in [0.1, 0.15) is 4.70 Å². The predicted molar refractivity (Wildman–Crippen MR) is 88.5 cm³/mol. The summed E-state index contributed by atoms with van der Waals surface area (Å²) in [4.78, 5) is 4.66. The van der Waals surface area contributed by atoms with Gasteiger partial charge in [-0.15, -0.1) is 11.3 Å².